The monoisotopic (exact) mass is 270 g/mol. The van der Waals surface area contributed by atoms with Gasteiger partial charge in [0.15, 0.2) is 0 Å². The molecule has 0 heterocycles. The summed E-state index contributed by atoms with van der Waals surface area (Å²) in [5, 5.41) is 9.39. The topological polar surface area (TPSA) is 46.5 Å². The minimum atomic E-state index is -1.02. The molecule has 80 valence electrons. The summed E-state index contributed by atoms with van der Waals surface area (Å²) in [6.07, 6.45) is 0. The van der Waals surface area contributed by atoms with E-state index in [0.717, 1.165) is 5.56 Å². The molecule has 1 N–H and O–H groups in total. The van der Waals surface area contributed by atoms with Crippen LogP contribution in [0.1, 0.15) is 11.1 Å². The van der Waals surface area contributed by atoms with Crippen LogP contribution in [-0.4, -0.2) is 18.2 Å². The Morgan fingerprint density at radius 1 is 1.60 bits per heavy atom. The lowest BCUT2D eigenvalue weighted by molar-refractivity contribution is -0.130. The lowest BCUT2D eigenvalue weighted by Crippen LogP contribution is -2.02. The largest absolute Gasteiger partial charge is 0.496 e. The summed E-state index contributed by atoms with van der Waals surface area (Å²) in [6, 6.07) is 5.25. The molecule has 1 aromatic carbocycles. The van der Waals surface area contributed by atoms with Crippen molar-refractivity contribution in [3.05, 3.63) is 35.9 Å². The van der Waals surface area contributed by atoms with Gasteiger partial charge in [0.2, 0.25) is 0 Å². The predicted octanol–water partition coefficient (Wildman–Crippen LogP) is 2.69. The molecule has 15 heavy (non-hydrogen) atoms. The van der Waals surface area contributed by atoms with E-state index in [1.807, 2.05) is 0 Å². The number of aliphatic carboxylic acids is 1. The molecule has 0 aliphatic rings. The highest BCUT2D eigenvalue weighted by atomic mass is 79.9. The highest BCUT2D eigenvalue weighted by Gasteiger charge is 2.14. The van der Waals surface area contributed by atoms with Gasteiger partial charge in [0.05, 0.1) is 12.7 Å². The second kappa shape index (κ2) is 4.98. The summed E-state index contributed by atoms with van der Waals surface area (Å²) in [5.41, 5.74) is 1.47. The normalized spacial score (nSPS) is 9.73. The number of halogens is 1. The zero-order chi connectivity index (χ0) is 11.4. The highest BCUT2D eigenvalue weighted by Crippen LogP contribution is 2.28. The van der Waals surface area contributed by atoms with E-state index in [9.17, 15) is 4.79 Å². The average molecular weight is 271 g/mol. The number of rotatable bonds is 4. The molecule has 1 aromatic rings. The molecule has 0 spiro atoms. The van der Waals surface area contributed by atoms with E-state index in [1.54, 1.807) is 25.3 Å². The van der Waals surface area contributed by atoms with Gasteiger partial charge in [-0.1, -0.05) is 34.6 Å². The molecule has 0 amide bonds. The van der Waals surface area contributed by atoms with Crippen molar-refractivity contribution in [2.45, 2.75) is 5.33 Å². The van der Waals surface area contributed by atoms with Gasteiger partial charge in [0, 0.05) is 10.9 Å². The van der Waals surface area contributed by atoms with Crippen LogP contribution in [0.3, 0.4) is 0 Å². The van der Waals surface area contributed by atoms with Crippen molar-refractivity contribution < 1.29 is 14.6 Å². The zero-order valence-corrected chi connectivity index (χ0v) is 9.87. The number of alkyl halides is 1. The number of ether oxygens (including phenoxy) is 1. The van der Waals surface area contributed by atoms with Crippen LogP contribution in [0.5, 0.6) is 5.75 Å². The highest BCUT2D eigenvalue weighted by molar-refractivity contribution is 9.08. The van der Waals surface area contributed by atoms with Crippen LogP contribution in [0.25, 0.3) is 5.57 Å². The van der Waals surface area contributed by atoms with Crippen LogP contribution in [0.15, 0.2) is 24.8 Å². The fraction of sp³-hybridized carbons (Fsp3) is 0.182. The number of hydrogen-bond donors (Lipinski definition) is 1. The van der Waals surface area contributed by atoms with E-state index in [0.29, 0.717) is 16.6 Å². The minimum Gasteiger partial charge on any atom is -0.496 e. The maximum absolute atomic E-state index is 10.8. The van der Waals surface area contributed by atoms with Gasteiger partial charge in [-0.05, 0) is 11.6 Å². The van der Waals surface area contributed by atoms with Crippen molar-refractivity contribution in [2.24, 2.45) is 0 Å². The number of carboxylic acid groups (broad SMARTS) is 1. The molecule has 0 aromatic heterocycles. The van der Waals surface area contributed by atoms with Crippen molar-refractivity contribution in [1.82, 2.24) is 0 Å². The second-order valence-electron chi connectivity index (χ2n) is 2.90. The van der Waals surface area contributed by atoms with E-state index in [4.69, 9.17) is 9.84 Å². The first-order chi connectivity index (χ1) is 7.11. The molecule has 1 rings (SSSR count). The summed E-state index contributed by atoms with van der Waals surface area (Å²) in [7, 11) is 1.55. The van der Waals surface area contributed by atoms with Crippen LogP contribution < -0.4 is 4.74 Å². The van der Waals surface area contributed by atoms with Gasteiger partial charge in [-0.2, -0.15) is 0 Å². The minimum absolute atomic E-state index is 0.0725. The molecule has 3 nitrogen and oxygen atoms in total. The Morgan fingerprint density at radius 2 is 2.27 bits per heavy atom. The lowest BCUT2D eigenvalue weighted by Gasteiger charge is -2.11. The van der Waals surface area contributed by atoms with E-state index >= 15 is 0 Å². The third-order valence-corrected chi connectivity index (χ3v) is 2.63. The number of carbonyl (C=O) groups is 1. The standard InChI is InChI=1S/C11H11BrO3/c1-7(11(13)14)8-4-3-5-10(15-2)9(8)6-12/h3-5H,1,6H2,2H3,(H,13,14). The first kappa shape index (κ1) is 11.8. The molecule has 0 unspecified atom stereocenters. The summed E-state index contributed by atoms with van der Waals surface area (Å²) in [6.45, 7) is 3.53. The Hall–Kier alpha value is -1.29. The molecule has 0 radical (unpaired) electrons. The van der Waals surface area contributed by atoms with E-state index < -0.39 is 5.97 Å². The molecule has 0 fully saturated rings. The Labute approximate surface area is 96.5 Å². The molecule has 0 saturated heterocycles. The molecule has 0 atom stereocenters. The molecular weight excluding hydrogens is 260 g/mol. The van der Waals surface area contributed by atoms with Crippen LogP contribution in [0.4, 0.5) is 0 Å². The van der Waals surface area contributed by atoms with Crippen molar-refractivity contribution in [3.63, 3.8) is 0 Å². The van der Waals surface area contributed by atoms with Crippen molar-refractivity contribution >= 4 is 27.5 Å². The average Bonchev–Trinajstić information content (AvgIpc) is 2.26. The molecular formula is C11H11BrO3. The Bertz CT molecular complexity index is 399. The first-order valence-electron chi connectivity index (χ1n) is 4.26. The maximum Gasteiger partial charge on any atom is 0.335 e. The van der Waals surface area contributed by atoms with Crippen LogP contribution in [0, 0.1) is 0 Å². The van der Waals surface area contributed by atoms with Gasteiger partial charge in [-0.3, -0.25) is 0 Å². The summed E-state index contributed by atoms with van der Waals surface area (Å²) in [5.74, 6) is -0.364. The van der Waals surface area contributed by atoms with Gasteiger partial charge in [0.1, 0.15) is 5.75 Å². The third kappa shape index (κ3) is 2.39. The van der Waals surface area contributed by atoms with Crippen LogP contribution in [-0.2, 0) is 10.1 Å². The van der Waals surface area contributed by atoms with E-state index in [2.05, 4.69) is 22.5 Å². The SMILES string of the molecule is C=C(C(=O)O)c1cccc(OC)c1CBr. The maximum atomic E-state index is 10.8. The van der Waals surface area contributed by atoms with Crippen LogP contribution in [0.2, 0.25) is 0 Å². The molecule has 0 aliphatic heterocycles. The van der Waals surface area contributed by atoms with E-state index in [1.165, 1.54) is 0 Å². The summed E-state index contributed by atoms with van der Waals surface area (Å²) < 4.78 is 5.14. The number of carboxylic acids is 1. The predicted molar refractivity (Wildman–Crippen MR) is 62.3 cm³/mol. The quantitative estimate of drug-likeness (QED) is 0.676. The van der Waals surface area contributed by atoms with Crippen molar-refractivity contribution in [1.29, 1.82) is 0 Å². The fourth-order valence-corrected chi connectivity index (χ4v) is 1.87. The van der Waals surface area contributed by atoms with Crippen molar-refractivity contribution in [2.75, 3.05) is 7.11 Å². The van der Waals surface area contributed by atoms with Gasteiger partial charge in [-0.25, -0.2) is 4.79 Å². The van der Waals surface area contributed by atoms with Crippen molar-refractivity contribution in [3.8, 4) is 5.75 Å². The molecule has 0 saturated carbocycles. The molecule has 4 heteroatoms. The van der Waals surface area contributed by atoms with Gasteiger partial charge in [-0.15, -0.1) is 0 Å². The number of benzene rings is 1. The Morgan fingerprint density at radius 3 is 2.73 bits per heavy atom. The molecule has 0 aliphatic carbocycles. The van der Waals surface area contributed by atoms with Gasteiger partial charge < -0.3 is 9.84 Å². The van der Waals surface area contributed by atoms with Gasteiger partial charge >= 0.3 is 5.97 Å². The fourth-order valence-electron chi connectivity index (χ4n) is 1.29. The molecule has 0 bridgehead atoms. The Kier molecular flexibility index (Phi) is 3.91. The van der Waals surface area contributed by atoms with Crippen LogP contribution >= 0.6 is 15.9 Å². The number of methoxy groups -OCH3 is 1. The summed E-state index contributed by atoms with van der Waals surface area (Å²) >= 11 is 3.30. The van der Waals surface area contributed by atoms with Gasteiger partial charge in [0.25, 0.3) is 0 Å². The Balaban J connectivity index is 3.29. The first-order valence-corrected chi connectivity index (χ1v) is 5.38. The number of hydrogen-bond acceptors (Lipinski definition) is 2. The zero-order valence-electron chi connectivity index (χ0n) is 8.29. The second-order valence-corrected chi connectivity index (χ2v) is 3.46. The van der Waals surface area contributed by atoms with E-state index in [-0.39, 0.29) is 5.57 Å². The smallest absolute Gasteiger partial charge is 0.335 e. The summed E-state index contributed by atoms with van der Waals surface area (Å²) in [4.78, 5) is 10.8. The third-order valence-electron chi connectivity index (χ3n) is 2.07. The lowest BCUT2D eigenvalue weighted by atomic mass is 10.0.